The lowest BCUT2D eigenvalue weighted by Gasteiger charge is -2.02. The molecule has 3 nitrogen and oxygen atoms in total. The van der Waals surface area contributed by atoms with E-state index < -0.39 is 0 Å². The van der Waals surface area contributed by atoms with Gasteiger partial charge in [-0.15, -0.1) is 11.8 Å². The van der Waals surface area contributed by atoms with Gasteiger partial charge < -0.3 is 10.5 Å². The van der Waals surface area contributed by atoms with Crippen LogP contribution < -0.4 is 5.73 Å². The summed E-state index contributed by atoms with van der Waals surface area (Å²) >= 11 is 1.55. The van der Waals surface area contributed by atoms with E-state index in [-0.39, 0.29) is 5.97 Å². The van der Waals surface area contributed by atoms with Crippen molar-refractivity contribution < 1.29 is 9.53 Å². The maximum atomic E-state index is 11.1. The van der Waals surface area contributed by atoms with Crippen LogP contribution in [0.5, 0.6) is 0 Å². The highest BCUT2D eigenvalue weighted by atomic mass is 32.2. The molecule has 96 valence electrons. The Morgan fingerprint density at radius 2 is 2.11 bits per heavy atom. The van der Waals surface area contributed by atoms with Gasteiger partial charge in [0.15, 0.2) is 0 Å². The third-order valence-corrected chi connectivity index (χ3v) is 3.06. The predicted molar refractivity (Wildman–Crippen MR) is 75.2 cm³/mol. The molecule has 0 aliphatic carbocycles. The third kappa shape index (κ3) is 5.76. The van der Waals surface area contributed by atoms with E-state index in [2.05, 4.69) is 11.8 Å². The fourth-order valence-corrected chi connectivity index (χ4v) is 2.07. The normalized spacial score (nSPS) is 9.44. The van der Waals surface area contributed by atoms with Gasteiger partial charge in [0, 0.05) is 11.3 Å². The third-order valence-electron chi connectivity index (χ3n) is 2.08. The zero-order valence-electron chi connectivity index (χ0n) is 10.4. The van der Waals surface area contributed by atoms with Crippen LogP contribution in [-0.4, -0.2) is 24.9 Å². The van der Waals surface area contributed by atoms with E-state index in [1.54, 1.807) is 11.8 Å². The molecule has 0 saturated carbocycles. The molecule has 1 aromatic rings. The summed E-state index contributed by atoms with van der Waals surface area (Å²) in [6.45, 7) is 2.62. The molecule has 0 aliphatic rings. The summed E-state index contributed by atoms with van der Waals surface area (Å²) in [5, 5.41) is 0. The van der Waals surface area contributed by atoms with Crippen LogP contribution in [0.2, 0.25) is 0 Å². The van der Waals surface area contributed by atoms with Gasteiger partial charge in [0.2, 0.25) is 0 Å². The Morgan fingerprint density at radius 3 is 2.72 bits per heavy atom. The first-order valence-corrected chi connectivity index (χ1v) is 6.93. The molecule has 4 heteroatoms. The fourth-order valence-electron chi connectivity index (χ4n) is 1.29. The number of ether oxygens (including phenoxy) is 1. The molecule has 0 aliphatic heterocycles. The summed E-state index contributed by atoms with van der Waals surface area (Å²) in [6, 6.07) is 7.95. The van der Waals surface area contributed by atoms with Gasteiger partial charge in [0.1, 0.15) is 0 Å². The Hall–Kier alpha value is -1.44. The van der Waals surface area contributed by atoms with E-state index in [1.165, 1.54) is 5.56 Å². The molecule has 2 N–H and O–H groups in total. The number of hydrogen-bond acceptors (Lipinski definition) is 4. The van der Waals surface area contributed by atoms with Crippen LogP contribution in [0.25, 0.3) is 0 Å². The topological polar surface area (TPSA) is 52.3 Å². The summed E-state index contributed by atoms with van der Waals surface area (Å²) in [5.41, 5.74) is 7.43. The van der Waals surface area contributed by atoms with E-state index in [9.17, 15) is 4.79 Å². The molecule has 0 amide bonds. The summed E-state index contributed by atoms with van der Waals surface area (Å²) in [5.74, 6) is 6.80. The van der Waals surface area contributed by atoms with E-state index in [0.29, 0.717) is 18.9 Å². The molecule has 0 radical (unpaired) electrons. The minimum absolute atomic E-state index is 0.159. The van der Waals surface area contributed by atoms with Gasteiger partial charge in [-0.2, -0.15) is 0 Å². The van der Waals surface area contributed by atoms with Crippen LogP contribution in [0.4, 0.5) is 0 Å². The fraction of sp³-hybridized carbons (Fsp3) is 0.357. The highest BCUT2D eigenvalue weighted by Gasteiger charge is 2.01. The molecular weight excluding hydrogens is 246 g/mol. The zero-order chi connectivity index (χ0) is 13.2. The Balaban J connectivity index is 2.37. The number of carbonyl (C=O) groups excluding carboxylic acids is 1. The quantitative estimate of drug-likeness (QED) is 0.650. The van der Waals surface area contributed by atoms with E-state index in [0.717, 1.165) is 11.3 Å². The highest BCUT2D eigenvalue weighted by Crippen LogP contribution is 2.13. The second-order valence-electron chi connectivity index (χ2n) is 3.50. The first-order valence-electron chi connectivity index (χ1n) is 5.77. The van der Waals surface area contributed by atoms with Crippen molar-refractivity contribution in [3.8, 4) is 11.8 Å². The number of hydrogen-bond donors (Lipinski definition) is 1. The molecule has 0 bridgehead atoms. The Labute approximate surface area is 112 Å². The number of thioether (sulfide) groups is 1. The number of nitrogens with two attached hydrogens (primary N) is 1. The van der Waals surface area contributed by atoms with Crippen molar-refractivity contribution in [3.05, 3.63) is 35.4 Å². The number of carbonyl (C=O) groups is 1. The monoisotopic (exact) mass is 263 g/mol. The van der Waals surface area contributed by atoms with Crippen LogP contribution in [0.1, 0.15) is 18.1 Å². The molecule has 0 aromatic heterocycles. The van der Waals surface area contributed by atoms with Crippen molar-refractivity contribution in [1.82, 2.24) is 0 Å². The maximum Gasteiger partial charge on any atom is 0.315 e. The van der Waals surface area contributed by atoms with E-state index >= 15 is 0 Å². The van der Waals surface area contributed by atoms with Gasteiger partial charge in [-0.05, 0) is 24.6 Å². The largest absolute Gasteiger partial charge is 0.465 e. The molecule has 1 aromatic carbocycles. The Kier molecular flexibility index (Phi) is 7.00. The van der Waals surface area contributed by atoms with Crippen LogP contribution in [0.15, 0.2) is 24.3 Å². The van der Waals surface area contributed by atoms with Crippen LogP contribution in [0, 0.1) is 11.8 Å². The van der Waals surface area contributed by atoms with Crippen molar-refractivity contribution in [2.24, 2.45) is 5.73 Å². The van der Waals surface area contributed by atoms with Crippen molar-refractivity contribution in [2.75, 3.05) is 18.9 Å². The standard InChI is InChI=1S/C14H17NO2S/c1-2-17-14(16)11-18-10-13-7-5-12(6-8-13)4-3-9-15/h5-8H,2,9-11,15H2,1H3. The number of rotatable bonds is 5. The van der Waals surface area contributed by atoms with Gasteiger partial charge >= 0.3 is 5.97 Å². The molecular formula is C14H17NO2S. The Morgan fingerprint density at radius 1 is 1.39 bits per heavy atom. The summed E-state index contributed by atoms with van der Waals surface area (Å²) in [7, 11) is 0. The maximum absolute atomic E-state index is 11.1. The lowest BCUT2D eigenvalue weighted by Crippen LogP contribution is -2.06. The lowest BCUT2D eigenvalue weighted by atomic mass is 10.1. The number of benzene rings is 1. The van der Waals surface area contributed by atoms with Crippen LogP contribution in [0.3, 0.4) is 0 Å². The molecule has 0 fully saturated rings. The van der Waals surface area contributed by atoms with Gasteiger partial charge in [-0.3, -0.25) is 4.79 Å². The van der Waals surface area contributed by atoms with Gasteiger partial charge in [-0.1, -0.05) is 24.0 Å². The first-order chi connectivity index (χ1) is 8.76. The Bertz CT molecular complexity index is 431. The molecule has 18 heavy (non-hydrogen) atoms. The molecule has 0 atom stereocenters. The first kappa shape index (κ1) is 14.6. The van der Waals surface area contributed by atoms with Crippen molar-refractivity contribution >= 4 is 17.7 Å². The number of esters is 1. The SMILES string of the molecule is CCOC(=O)CSCc1ccc(C#CCN)cc1. The average molecular weight is 263 g/mol. The van der Waals surface area contributed by atoms with Gasteiger partial charge in [0.25, 0.3) is 0 Å². The minimum Gasteiger partial charge on any atom is -0.465 e. The van der Waals surface area contributed by atoms with Crippen LogP contribution >= 0.6 is 11.8 Å². The molecule has 0 heterocycles. The molecule has 0 saturated heterocycles. The average Bonchev–Trinajstić information content (AvgIpc) is 2.38. The molecule has 0 spiro atoms. The smallest absolute Gasteiger partial charge is 0.315 e. The lowest BCUT2D eigenvalue weighted by molar-refractivity contribution is -0.139. The van der Waals surface area contributed by atoms with Crippen molar-refractivity contribution in [2.45, 2.75) is 12.7 Å². The second kappa shape index (κ2) is 8.62. The van der Waals surface area contributed by atoms with Crippen molar-refractivity contribution in [1.29, 1.82) is 0 Å². The van der Waals surface area contributed by atoms with Crippen molar-refractivity contribution in [3.63, 3.8) is 0 Å². The minimum atomic E-state index is -0.159. The zero-order valence-corrected chi connectivity index (χ0v) is 11.3. The highest BCUT2D eigenvalue weighted by molar-refractivity contribution is 7.99. The predicted octanol–water partition coefficient (Wildman–Crippen LogP) is 1.79. The summed E-state index contributed by atoms with van der Waals surface area (Å²) in [6.07, 6.45) is 0. The van der Waals surface area contributed by atoms with Gasteiger partial charge in [-0.25, -0.2) is 0 Å². The molecule has 1 rings (SSSR count). The van der Waals surface area contributed by atoms with E-state index in [4.69, 9.17) is 10.5 Å². The second-order valence-corrected chi connectivity index (χ2v) is 4.49. The van der Waals surface area contributed by atoms with Crippen LogP contribution in [-0.2, 0) is 15.3 Å². The summed E-state index contributed by atoms with van der Waals surface area (Å²) in [4.78, 5) is 11.1. The van der Waals surface area contributed by atoms with Gasteiger partial charge in [0.05, 0.1) is 18.9 Å². The molecule has 0 unspecified atom stereocenters. The summed E-state index contributed by atoms with van der Waals surface area (Å²) < 4.78 is 4.85. The van der Waals surface area contributed by atoms with E-state index in [1.807, 2.05) is 31.2 Å².